The zero-order valence-corrected chi connectivity index (χ0v) is 12.3. The Morgan fingerprint density at radius 1 is 1.33 bits per heavy atom. The minimum Gasteiger partial charge on any atom is -0.337 e. The Kier molecular flexibility index (Phi) is 4.55. The largest absolute Gasteiger partial charge is 0.337 e. The maximum Gasteiger partial charge on any atom is 0.0945 e. The highest BCUT2D eigenvalue weighted by Crippen LogP contribution is 2.19. The molecular formula is C14H18BrN3. The van der Waals surface area contributed by atoms with Crippen LogP contribution >= 0.6 is 15.9 Å². The van der Waals surface area contributed by atoms with Gasteiger partial charge >= 0.3 is 0 Å². The predicted octanol–water partition coefficient (Wildman–Crippen LogP) is 3.42. The summed E-state index contributed by atoms with van der Waals surface area (Å²) < 4.78 is 3.16. The summed E-state index contributed by atoms with van der Waals surface area (Å²) in [5, 5.41) is 3.57. The van der Waals surface area contributed by atoms with Crippen molar-refractivity contribution in [3.05, 3.63) is 52.5 Å². The summed E-state index contributed by atoms with van der Waals surface area (Å²) in [4.78, 5) is 4.13. The van der Waals surface area contributed by atoms with Crippen molar-refractivity contribution in [3.8, 4) is 0 Å². The predicted molar refractivity (Wildman–Crippen MR) is 77.2 cm³/mol. The van der Waals surface area contributed by atoms with Crippen LogP contribution in [0.4, 0.5) is 0 Å². The van der Waals surface area contributed by atoms with Gasteiger partial charge in [-0.3, -0.25) is 0 Å². The van der Waals surface area contributed by atoms with Gasteiger partial charge < -0.3 is 9.88 Å². The quantitative estimate of drug-likeness (QED) is 0.917. The second kappa shape index (κ2) is 6.16. The zero-order valence-electron chi connectivity index (χ0n) is 10.7. The highest BCUT2D eigenvalue weighted by Gasteiger charge is 2.09. The van der Waals surface area contributed by atoms with Crippen LogP contribution in [0.15, 0.2) is 41.3 Å². The minimum atomic E-state index is 0.382. The molecule has 2 aromatic rings. The van der Waals surface area contributed by atoms with Crippen molar-refractivity contribution in [2.75, 3.05) is 0 Å². The maximum absolute atomic E-state index is 4.13. The molecule has 18 heavy (non-hydrogen) atoms. The third-order valence-electron chi connectivity index (χ3n) is 3.13. The summed E-state index contributed by atoms with van der Waals surface area (Å²) in [5.74, 6) is 0. The molecule has 1 atom stereocenters. The van der Waals surface area contributed by atoms with Gasteiger partial charge in [0, 0.05) is 30.3 Å². The van der Waals surface area contributed by atoms with Crippen LogP contribution in [0, 0.1) is 0 Å². The zero-order chi connectivity index (χ0) is 13.0. The first-order chi connectivity index (χ1) is 8.70. The van der Waals surface area contributed by atoms with Crippen LogP contribution in [0.2, 0.25) is 0 Å². The average Bonchev–Trinajstić information content (AvgIpc) is 2.78. The van der Waals surface area contributed by atoms with Crippen LogP contribution in [0.25, 0.3) is 0 Å². The van der Waals surface area contributed by atoms with Crippen molar-refractivity contribution in [2.45, 2.75) is 25.9 Å². The lowest BCUT2D eigenvalue weighted by atomic mass is 10.0. The summed E-state index contributed by atoms with van der Waals surface area (Å²) in [6.45, 7) is 3.04. The van der Waals surface area contributed by atoms with Gasteiger partial charge in [0.05, 0.1) is 12.0 Å². The number of imidazole rings is 1. The van der Waals surface area contributed by atoms with E-state index in [9.17, 15) is 0 Å². The Hall–Kier alpha value is -1.13. The lowest BCUT2D eigenvalue weighted by molar-refractivity contribution is 0.508. The first-order valence-electron chi connectivity index (χ1n) is 6.14. The van der Waals surface area contributed by atoms with Crippen LogP contribution in [-0.4, -0.2) is 9.55 Å². The average molecular weight is 308 g/mol. The van der Waals surface area contributed by atoms with Crippen molar-refractivity contribution >= 4 is 15.9 Å². The number of hydrogen-bond donors (Lipinski definition) is 1. The first-order valence-corrected chi connectivity index (χ1v) is 6.94. The van der Waals surface area contributed by atoms with Crippen molar-refractivity contribution in [1.82, 2.24) is 14.9 Å². The van der Waals surface area contributed by atoms with Crippen molar-refractivity contribution in [3.63, 3.8) is 0 Å². The Balaban J connectivity index is 2.01. The third kappa shape index (κ3) is 3.21. The normalized spacial score (nSPS) is 12.6. The van der Waals surface area contributed by atoms with Crippen LogP contribution in [0.3, 0.4) is 0 Å². The molecule has 96 valence electrons. The van der Waals surface area contributed by atoms with Gasteiger partial charge in [-0.25, -0.2) is 4.98 Å². The second-order valence-corrected chi connectivity index (χ2v) is 5.30. The highest BCUT2D eigenvalue weighted by atomic mass is 79.9. The summed E-state index contributed by atoms with van der Waals surface area (Å²) in [6.07, 6.45) is 4.80. The molecule has 0 aliphatic heterocycles. The second-order valence-electron chi connectivity index (χ2n) is 4.39. The van der Waals surface area contributed by atoms with E-state index in [1.54, 1.807) is 0 Å². The highest BCUT2D eigenvalue weighted by molar-refractivity contribution is 9.10. The molecule has 0 radical (unpaired) electrons. The SMILES string of the molecule is CCC(NCc1cncn1C)c1ccc(Br)cc1. The van der Waals surface area contributed by atoms with E-state index >= 15 is 0 Å². The molecule has 1 unspecified atom stereocenters. The summed E-state index contributed by atoms with van der Waals surface area (Å²) in [7, 11) is 2.02. The minimum absolute atomic E-state index is 0.382. The van der Waals surface area contributed by atoms with Crippen LogP contribution in [0.1, 0.15) is 30.6 Å². The molecule has 0 aliphatic carbocycles. The molecule has 0 bridgehead atoms. The van der Waals surface area contributed by atoms with E-state index in [-0.39, 0.29) is 0 Å². The molecule has 3 nitrogen and oxygen atoms in total. The van der Waals surface area contributed by atoms with Gasteiger partial charge in [-0.05, 0) is 24.1 Å². The first kappa shape index (κ1) is 13.3. The van der Waals surface area contributed by atoms with Gasteiger partial charge in [-0.15, -0.1) is 0 Å². The number of hydrogen-bond acceptors (Lipinski definition) is 2. The molecule has 1 heterocycles. The molecule has 0 saturated carbocycles. The van der Waals surface area contributed by atoms with Gasteiger partial charge in [-0.1, -0.05) is 35.0 Å². The summed E-state index contributed by atoms with van der Waals surface area (Å²) in [5.41, 5.74) is 2.52. The number of benzene rings is 1. The van der Waals surface area contributed by atoms with Crippen LogP contribution in [0.5, 0.6) is 0 Å². The molecule has 1 aromatic heterocycles. The number of aryl methyl sites for hydroxylation is 1. The van der Waals surface area contributed by atoms with E-state index < -0.39 is 0 Å². The standard InChI is InChI=1S/C14H18BrN3/c1-3-14(11-4-6-12(15)7-5-11)17-9-13-8-16-10-18(13)2/h4-8,10,14,17H,3,9H2,1-2H3. The Bertz CT molecular complexity index is 490. The van der Waals surface area contributed by atoms with Gasteiger partial charge in [0.1, 0.15) is 0 Å². The van der Waals surface area contributed by atoms with Crippen LogP contribution in [-0.2, 0) is 13.6 Å². The number of nitrogens with one attached hydrogen (secondary N) is 1. The Morgan fingerprint density at radius 2 is 2.06 bits per heavy atom. The van der Waals surface area contributed by atoms with Gasteiger partial charge in [0.15, 0.2) is 0 Å². The Morgan fingerprint density at radius 3 is 2.61 bits per heavy atom. The van der Waals surface area contributed by atoms with Crippen LogP contribution < -0.4 is 5.32 Å². The van der Waals surface area contributed by atoms with E-state index in [4.69, 9.17) is 0 Å². The van der Waals surface area contributed by atoms with E-state index in [1.807, 2.05) is 24.1 Å². The fourth-order valence-corrected chi connectivity index (χ4v) is 2.24. The molecule has 4 heteroatoms. The number of rotatable bonds is 5. The topological polar surface area (TPSA) is 29.9 Å². The molecule has 2 rings (SSSR count). The lowest BCUT2D eigenvalue weighted by Crippen LogP contribution is -2.21. The molecule has 0 spiro atoms. The summed E-state index contributed by atoms with van der Waals surface area (Å²) in [6, 6.07) is 8.88. The van der Waals surface area contributed by atoms with Gasteiger partial charge in [0.25, 0.3) is 0 Å². The van der Waals surface area contributed by atoms with E-state index in [0.717, 1.165) is 17.4 Å². The fraction of sp³-hybridized carbons (Fsp3) is 0.357. The summed E-state index contributed by atoms with van der Waals surface area (Å²) >= 11 is 3.46. The van der Waals surface area contributed by atoms with Gasteiger partial charge in [-0.2, -0.15) is 0 Å². The molecule has 0 amide bonds. The molecule has 1 N–H and O–H groups in total. The lowest BCUT2D eigenvalue weighted by Gasteiger charge is -2.17. The smallest absolute Gasteiger partial charge is 0.0945 e. The van der Waals surface area contributed by atoms with Crippen molar-refractivity contribution in [2.24, 2.45) is 7.05 Å². The number of aromatic nitrogens is 2. The number of nitrogens with zero attached hydrogens (tertiary/aromatic N) is 2. The number of halogens is 1. The third-order valence-corrected chi connectivity index (χ3v) is 3.66. The van der Waals surface area contributed by atoms with Crippen molar-refractivity contribution < 1.29 is 0 Å². The molecule has 0 fully saturated rings. The maximum atomic E-state index is 4.13. The molecule has 1 aromatic carbocycles. The monoisotopic (exact) mass is 307 g/mol. The van der Waals surface area contributed by atoms with Gasteiger partial charge in [0.2, 0.25) is 0 Å². The molecular weight excluding hydrogens is 290 g/mol. The van der Waals surface area contributed by atoms with E-state index in [1.165, 1.54) is 11.3 Å². The van der Waals surface area contributed by atoms with Crippen molar-refractivity contribution in [1.29, 1.82) is 0 Å². The Labute approximate surface area is 116 Å². The molecule has 0 saturated heterocycles. The van der Waals surface area contributed by atoms with E-state index in [2.05, 4.69) is 57.4 Å². The fourth-order valence-electron chi connectivity index (χ4n) is 1.98. The molecule has 0 aliphatic rings. The van der Waals surface area contributed by atoms with E-state index in [0.29, 0.717) is 6.04 Å².